The number of benzene rings is 2. The van der Waals surface area contributed by atoms with Crippen LogP contribution in [0.5, 0.6) is 5.75 Å². The van der Waals surface area contributed by atoms with E-state index >= 15 is 0 Å². The lowest BCUT2D eigenvalue weighted by Crippen LogP contribution is -2.38. The summed E-state index contributed by atoms with van der Waals surface area (Å²) >= 11 is 0. The molecule has 1 amide bonds. The van der Waals surface area contributed by atoms with Crippen molar-refractivity contribution in [3.63, 3.8) is 0 Å². The van der Waals surface area contributed by atoms with Gasteiger partial charge in [-0.1, -0.05) is 6.07 Å². The van der Waals surface area contributed by atoms with E-state index in [1.807, 2.05) is 19.1 Å². The molecule has 1 aliphatic rings. The minimum Gasteiger partial charge on any atom is -0.482 e. The first-order chi connectivity index (χ1) is 10.0. The monoisotopic (exact) mass is 289 g/mol. The average molecular weight is 289 g/mol. The molecular weight excluding hydrogens is 276 g/mol. The molecule has 1 heterocycles. The zero-order valence-electron chi connectivity index (χ0n) is 11.4. The van der Waals surface area contributed by atoms with Crippen molar-refractivity contribution < 1.29 is 18.3 Å². The van der Waals surface area contributed by atoms with Gasteiger partial charge in [-0.15, -0.1) is 0 Å². The molecule has 0 radical (unpaired) electrons. The molecule has 2 aromatic rings. The molecule has 3 nitrogen and oxygen atoms in total. The molecule has 2 aromatic carbocycles. The highest BCUT2D eigenvalue weighted by molar-refractivity contribution is 5.97. The summed E-state index contributed by atoms with van der Waals surface area (Å²) in [4.78, 5) is 13.4. The Morgan fingerprint density at radius 1 is 1.19 bits per heavy atom. The molecule has 0 saturated carbocycles. The predicted octanol–water partition coefficient (Wildman–Crippen LogP) is 3.20. The summed E-state index contributed by atoms with van der Waals surface area (Å²) in [5, 5.41) is 0. The number of halogens is 2. The summed E-state index contributed by atoms with van der Waals surface area (Å²) in [7, 11) is 0. The van der Waals surface area contributed by atoms with Crippen LogP contribution in [-0.4, -0.2) is 12.5 Å². The van der Waals surface area contributed by atoms with Gasteiger partial charge in [0.2, 0.25) is 0 Å². The number of nitrogens with zero attached hydrogens (tertiary/aromatic N) is 1. The van der Waals surface area contributed by atoms with Crippen LogP contribution in [0.15, 0.2) is 36.4 Å². The number of carbonyl (C=O) groups excluding carboxylic acids is 1. The van der Waals surface area contributed by atoms with Gasteiger partial charge in [-0.25, -0.2) is 8.78 Å². The topological polar surface area (TPSA) is 29.5 Å². The Kier molecular flexibility index (Phi) is 3.33. The first kappa shape index (κ1) is 13.5. The molecule has 0 fully saturated rings. The van der Waals surface area contributed by atoms with Gasteiger partial charge in [0.05, 0.1) is 12.2 Å². The number of anilines is 1. The van der Waals surface area contributed by atoms with Crippen LogP contribution in [-0.2, 0) is 11.3 Å². The fourth-order valence-corrected chi connectivity index (χ4v) is 2.32. The Morgan fingerprint density at radius 2 is 2.00 bits per heavy atom. The summed E-state index contributed by atoms with van der Waals surface area (Å²) < 4.78 is 32.4. The molecule has 108 valence electrons. The fourth-order valence-electron chi connectivity index (χ4n) is 2.32. The largest absolute Gasteiger partial charge is 0.482 e. The van der Waals surface area contributed by atoms with Gasteiger partial charge in [0, 0.05) is 5.56 Å². The Morgan fingerprint density at radius 3 is 2.81 bits per heavy atom. The third kappa shape index (κ3) is 2.59. The number of carbonyl (C=O) groups is 1. The summed E-state index contributed by atoms with van der Waals surface area (Å²) in [6.45, 7) is 1.78. The minimum absolute atomic E-state index is 0.0259. The Labute approximate surface area is 120 Å². The van der Waals surface area contributed by atoms with Crippen molar-refractivity contribution >= 4 is 11.6 Å². The van der Waals surface area contributed by atoms with Crippen molar-refractivity contribution in [2.75, 3.05) is 11.5 Å². The normalized spacial score (nSPS) is 13.9. The quantitative estimate of drug-likeness (QED) is 0.849. The highest BCUT2D eigenvalue weighted by atomic mass is 19.1. The van der Waals surface area contributed by atoms with E-state index in [1.165, 1.54) is 4.90 Å². The first-order valence-corrected chi connectivity index (χ1v) is 6.52. The number of aryl methyl sites for hydroxylation is 1. The maximum absolute atomic E-state index is 13.8. The SMILES string of the molecule is Cc1ccc2c(c1)OCC(=O)N2Cc1cc(F)ccc1F. The predicted molar refractivity (Wildman–Crippen MR) is 74.2 cm³/mol. The molecule has 0 N–H and O–H groups in total. The molecular formula is C16H13F2NO2. The van der Waals surface area contributed by atoms with Gasteiger partial charge < -0.3 is 9.64 Å². The lowest BCUT2D eigenvalue weighted by atomic mass is 10.1. The lowest BCUT2D eigenvalue weighted by Gasteiger charge is -2.29. The Hall–Kier alpha value is -2.43. The van der Waals surface area contributed by atoms with Gasteiger partial charge in [0.25, 0.3) is 5.91 Å². The smallest absolute Gasteiger partial charge is 0.265 e. The van der Waals surface area contributed by atoms with Crippen molar-refractivity contribution in [2.45, 2.75) is 13.5 Å². The average Bonchev–Trinajstić information content (AvgIpc) is 2.45. The van der Waals surface area contributed by atoms with Crippen LogP contribution in [0.3, 0.4) is 0 Å². The number of hydrogen-bond acceptors (Lipinski definition) is 2. The number of hydrogen-bond donors (Lipinski definition) is 0. The van der Waals surface area contributed by atoms with Gasteiger partial charge >= 0.3 is 0 Å². The molecule has 0 aromatic heterocycles. The van der Waals surface area contributed by atoms with E-state index in [4.69, 9.17) is 4.74 Å². The molecule has 3 rings (SSSR count). The van der Waals surface area contributed by atoms with E-state index in [9.17, 15) is 13.6 Å². The van der Waals surface area contributed by atoms with Crippen LogP contribution >= 0.6 is 0 Å². The summed E-state index contributed by atoms with van der Waals surface area (Å²) in [6, 6.07) is 8.63. The third-order valence-corrected chi connectivity index (χ3v) is 3.39. The Balaban J connectivity index is 1.98. The molecule has 0 saturated heterocycles. The summed E-state index contributed by atoms with van der Waals surface area (Å²) in [5.74, 6) is -0.776. The van der Waals surface area contributed by atoms with Gasteiger partial charge in [0.1, 0.15) is 17.4 Å². The molecule has 0 atom stereocenters. The van der Waals surface area contributed by atoms with Gasteiger partial charge in [0.15, 0.2) is 6.61 Å². The number of rotatable bonds is 2. The second kappa shape index (κ2) is 5.16. The van der Waals surface area contributed by atoms with Crippen LogP contribution in [0.25, 0.3) is 0 Å². The lowest BCUT2D eigenvalue weighted by molar-refractivity contribution is -0.121. The van der Waals surface area contributed by atoms with E-state index in [2.05, 4.69) is 0 Å². The van der Waals surface area contributed by atoms with Crippen molar-refractivity contribution in [2.24, 2.45) is 0 Å². The first-order valence-electron chi connectivity index (χ1n) is 6.52. The van der Waals surface area contributed by atoms with E-state index in [-0.39, 0.29) is 24.6 Å². The summed E-state index contributed by atoms with van der Waals surface area (Å²) in [6.07, 6.45) is 0. The van der Waals surface area contributed by atoms with Crippen LogP contribution in [0, 0.1) is 18.6 Å². The van der Waals surface area contributed by atoms with Gasteiger partial charge in [-0.2, -0.15) is 0 Å². The van der Waals surface area contributed by atoms with Crippen molar-refractivity contribution in [3.05, 3.63) is 59.2 Å². The molecule has 1 aliphatic heterocycles. The van der Waals surface area contributed by atoms with Crippen molar-refractivity contribution in [1.29, 1.82) is 0 Å². The molecule has 21 heavy (non-hydrogen) atoms. The second-order valence-corrected chi connectivity index (χ2v) is 4.98. The van der Waals surface area contributed by atoms with E-state index in [0.29, 0.717) is 11.4 Å². The third-order valence-electron chi connectivity index (χ3n) is 3.39. The van der Waals surface area contributed by atoms with Gasteiger partial charge in [-0.3, -0.25) is 4.79 Å². The van der Waals surface area contributed by atoms with E-state index in [0.717, 1.165) is 23.8 Å². The van der Waals surface area contributed by atoms with Crippen LogP contribution in [0.1, 0.15) is 11.1 Å². The van der Waals surface area contributed by atoms with Gasteiger partial charge in [-0.05, 0) is 42.8 Å². The van der Waals surface area contributed by atoms with Crippen molar-refractivity contribution in [1.82, 2.24) is 0 Å². The highest BCUT2D eigenvalue weighted by Gasteiger charge is 2.26. The van der Waals surface area contributed by atoms with E-state index < -0.39 is 11.6 Å². The molecule has 5 heteroatoms. The van der Waals surface area contributed by atoms with Crippen LogP contribution in [0.4, 0.5) is 14.5 Å². The second-order valence-electron chi connectivity index (χ2n) is 4.98. The zero-order chi connectivity index (χ0) is 15.0. The maximum atomic E-state index is 13.8. The zero-order valence-corrected chi connectivity index (χ0v) is 11.4. The summed E-state index contributed by atoms with van der Waals surface area (Å²) in [5.41, 5.74) is 1.71. The fraction of sp³-hybridized carbons (Fsp3) is 0.188. The van der Waals surface area contributed by atoms with Crippen molar-refractivity contribution in [3.8, 4) is 5.75 Å². The van der Waals surface area contributed by atoms with E-state index in [1.54, 1.807) is 6.07 Å². The Bertz CT molecular complexity index is 715. The molecule has 0 bridgehead atoms. The minimum atomic E-state index is -0.538. The molecule has 0 unspecified atom stereocenters. The maximum Gasteiger partial charge on any atom is 0.265 e. The number of ether oxygens (including phenoxy) is 1. The van der Waals surface area contributed by atoms with Crippen LogP contribution < -0.4 is 9.64 Å². The molecule has 0 aliphatic carbocycles. The van der Waals surface area contributed by atoms with Crippen LogP contribution in [0.2, 0.25) is 0 Å². The number of amides is 1. The standard InChI is InChI=1S/C16H13F2NO2/c1-10-2-5-14-15(6-10)21-9-16(20)19(14)8-11-7-12(17)3-4-13(11)18/h2-7H,8-9H2,1H3. The molecule has 0 spiro atoms. The highest BCUT2D eigenvalue weighted by Crippen LogP contribution is 2.34. The number of fused-ring (bicyclic) bond motifs is 1.